The van der Waals surface area contributed by atoms with Crippen molar-refractivity contribution >= 4 is 16.8 Å². The van der Waals surface area contributed by atoms with Crippen molar-refractivity contribution in [1.29, 1.82) is 0 Å². The topological polar surface area (TPSA) is 55.3 Å². The van der Waals surface area contributed by atoms with E-state index in [0.29, 0.717) is 19.7 Å². The molecular formula is C15H21N3O2. The van der Waals surface area contributed by atoms with Gasteiger partial charge in [0.05, 0.1) is 6.61 Å². The normalized spacial score (nSPS) is 10.9. The summed E-state index contributed by atoms with van der Waals surface area (Å²) in [6.45, 7) is 2.22. The Bertz CT molecular complexity index is 578. The predicted molar refractivity (Wildman–Crippen MR) is 79.6 cm³/mol. The van der Waals surface area contributed by atoms with Crippen LogP contribution in [0.2, 0.25) is 0 Å². The van der Waals surface area contributed by atoms with Crippen molar-refractivity contribution in [1.82, 2.24) is 15.2 Å². The van der Waals surface area contributed by atoms with E-state index < -0.39 is 0 Å². The lowest BCUT2D eigenvalue weighted by Gasteiger charge is -2.08. The minimum absolute atomic E-state index is 0.00132. The van der Waals surface area contributed by atoms with E-state index in [1.807, 2.05) is 29.9 Å². The second kappa shape index (κ2) is 7.07. The molecule has 0 bridgehead atoms. The Morgan fingerprint density at radius 3 is 2.95 bits per heavy atom. The number of aromatic nitrogens is 1. The van der Waals surface area contributed by atoms with Gasteiger partial charge in [-0.1, -0.05) is 12.1 Å². The molecular weight excluding hydrogens is 254 g/mol. The fourth-order valence-corrected chi connectivity index (χ4v) is 2.27. The van der Waals surface area contributed by atoms with Crippen molar-refractivity contribution in [3.05, 3.63) is 36.0 Å². The summed E-state index contributed by atoms with van der Waals surface area (Å²) in [5.74, 6) is -0.00132. The van der Waals surface area contributed by atoms with Crippen LogP contribution in [0.1, 0.15) is 5.56 Å². The first-order chi connectivity index (χ1) is 9.76. The number of nitrogens with zero attached hydrogens (tertiary/aromatic N) is 1. The molecule has 0 unspecified atom stereocenters. The molecule has 5 heteroatoms. The van der Waals surface area contributed by atoms with Crippen molar-refractivity contribution in [3.63, 3.8) is 0 Å². The minimum Gasteiger partial charge on any atom is -0.383 e. The molecule has 2 aromatic rings. The highest BCUT2D eigenvalue weighted by atomic mass is 16.5. The Hall–Kier alpha value is -1.85. The Morgan fingerprint density at radius 1 is 1.35 bits per heavy atom. The van der Waals surface area contributed by atoms with Crippen molar-refractivity contribution in [2.45, 2.75) is 13.1 Å². The van der Waals surface area contributed by atoms with Crippen LogP contribution in [0.4, 0.5) is 0 Å². The number of carbonyl (C=O) groups is 1. The first-order valence-corrected chi connectivity index (χ1v) is 6.73. The number of carbonyl (C=O) groups excluding carboxylic acids is 1. The molecule has 0 atom stereocenters. The van der Waals surface area contributed by atoms with Gasteiger partial charge in [-0.25, -0.2) is 0 Å². The van der Waals surface area contributed by atoms with Crippen molar-refractivity contribution in [2.24, 2.45) is 0 Å². The monoisotopic (exact) mass is 275 g/mol. The lowest BCUT2D eigenvalue weighted by molar-refractivity contribution is -0.121. The third-order valence-corrected chi connectivity index (χ3v) is 3.21. The third kappa shape index (κ3) is 3.37. The average molecular weight is 275 g/mol. The number of rotatable bonds is 7. The van der Waals surface area contributed by atoms with E-state index in [4.69, 9.17) is 4.74 Å². The van der Waals surface area contributed by atoms with Gasteiger partial charge in [0, 0.05) is 37.3 Å². The number of ether oxygens (including phenoxy) is 1. The van der Waals surface area contributed by atoms with Gasteiger partial charge in [-0.05, 0) is 24.7 Å². The van der Waals surface area contributed by atoms with Gasteiger partial charge >= 0.3 is 0 Å². The van der Waals surface area contributed by atoms with Crippen LogP contribution in [-0.2, 0) is 22.6 Å². The zero-order valence-electron chi connectivity index (χ0n) is 12.0. The Balaban J connectivity index is 2.11. The molecule has 5 nitrogen and oxygen atoms in total. The van der Waals surface area contributed by atoms with Crippen molar-refractivity contribution in [2.75, 3.05) is 27.3 Å². The zero-order chi connectivity index (χ0) is 14.4. The first kappa shape index (κ1) is 14.6. The number of amides is 1. The van der Waals surface area contributed by atoms with Gasteiger partial charge in [-0.3, -0.25) is 4.79 Å². The fraction of sp³-hybridized carbons (Fsp3) is 0.400. The minimum atomic E-state index is -0.00132. The predicted octanol–water partition coefficient (Wildman–Crippen LogP) is 1.12. The maximum Gasteiger partial charge on any atom is 0.240 e. The maximum absolute atomic E-state index is 11.8. The van der Waals surface area contributed by atoms with Gasteiger partial charge in [0.15, 0.2) is 0 Å². The highest BCUT2D eigenvalue weighted by Crippen LogP contribution is 2.20. The summed E-state index contributed by atoms with van der Waals surface area (Å²) in [6.07, 6.45) is 1.96. The van der Waals surface area contributed by atoms with Crippen LogP contribution in [0.25, 0.3) is 10.9 Å². The number of fused-ring (bicyclic) bond motifs is 1. The summed E-state index contributed by atoms with van der Waals surface area (Å²) < 4.78 is 6.88. The molecule has 1 aromatic carbocycles. The van der Waals surface area contributed by atoms with Crippen LogP contribution >= 0.6 is 0 Å². The largest absolute Gasteiger partial charge is 0.383 e. The van der Waals surface area contributed by atoms with E-state index in [-0.39, 0.29) is 5.91 Å². The number of methoxy groups -OCH3 is 1. The molecule has 2 rings (SSSR count). The van der Waals surface area contributed by atoms with Gasteiger partial charge in [-0.15, -0.1) is 0 Å². The Morgan fingerprint density at radius 2 is 2.20 bits per heavy atom. The molecule has 0 aliphatic heterocycles. The molecule has 0 saturated heterocycles. The molecule has 0 aliphatic carbocycles. The molecule has 2 N–H and O–H groups in total. The van der Waals surface area contributed by atoms with Crippen LogP contribution in [0.3, 0.4) is 0 Å². The van der Waals surface area contributed by atoms with Crippen molar-refractivity contribution < 1.29 is 9.53 Å². The summed E-state index contributed by atoms with van der Waals surface area (Å²) in [4.78, 5) is 11.8. The van der Waals surface area contributed by atoms with E-state index in [1.165, 1.54) is 10.9 Å². The Kier molecular flexibility index (Phi) is 5.15. The molecule has 108 valence electrons. The highest BCUT2D eigenvalue weighted by Gasteiger charge is 2.08. The number of hydrogen-bond acceptors (Lipinski definition) is 3. The summed E-state index contributed by atoms with van der Waals surface area (Å²) >= 11 is 0. The molecule has 1 heterocycles. The van der Waals surface area contributed by atoms with Crippen LogP contribution < -0.4 is 10.6 Å². The molecule has 20 heavy (non-hydrogen) atoms. The van der Waals surface area contributed by atoms with Crippen LogP contribution in [0.15, 0.2) is 30.5 Å². The number of benzene rings is 1. The lowest BCUT2D eigenvalue weighted by Crippen LogP contribution is -2.30. The third-order valence-electron chi connectivity index (χ3n) is 3.21. The van der Waals surface area contributed by atoms with Gasteiger partial charge in [0.1, 0.15) is 6.54 Å². The lowest BCUT2D eigenvalue weighted by atomic mass is 10.1. The summed E-state index contributed by atoms with van der Waals surface area (Å²) in [5.41, 5.74) is 2.32. The molecule has 0 saturated carbocycles. The summed E-state index contributed by atoms with van der Waals surface area (Å²) in [6, 6.07) is 8.22. The molecule has 1 amide bonds. The second-order valence-corrected chi connectivity index (χ2v) is 4.67. The van der Waals surface area contributed by atoms with Crippen LogP contribution in [-0.4, -0.2) is 37.8 Å². The number of hydrogen-bond donors (Lipinski definition) is 2. The first-order valence-electron chi connectivity index (χ1n) is 6.73. The second-order valence-electron chi connectivity index (χ2n) is 4.67. The standard InChI is InChI=1S/C15H21N3O2/c1-16-10-12-4-3-5-14-13(12)6-8-18(14)11-15(19)17-7-9-20-2/h3-6,8,16H,7,9-11H2,1-2H3,(H,17,19). The van der Waals surface area contributed by atoms with Crippen LogP contribution in [0, 0.1) is 0 Å². The smallest absolute Gasteiger partial charge is 0.240 e. The van der Waals surface area contributed by atoms with Gasteiger partial charge < -0.3 is 19.9 Å². The zero-order valence-corrected chi connectivity index (χ0v) is 12.0. The van der Waals surface area contributed by atoms with E-state index in [1.54, 1.807) is 7.11 Å². The van der Waals surface area contributed by atoms with Crippen molar-refractivity contribution in [3.8, 4) is 0 Å². The van der Waals surface area contributed by atoms with Gasteiger partial charge in [0.2, 0.25) is 5.91 Å². The summed E-state index contributed by atoms with van der Waals surface area (Å²) in [7, 11) is 3.55. The van der Waals surface area contributed by atoms with E-state index >= 15 is 0 Å². The van der Waals surface area contributed by atoms with Crippen LogP contribution in [0.5, 0.6) is 0 Å². The fourth-order valence-electron chi connectivity index (χ4n) is 2.27. The van der Waals surface area contributed by atoms with Gasteiger partial charge in [0.25, 0.3) is 0 Å². The highest BCUT2D eigenvalue weighted by molar-refractivity contribution is 5.85. The molecule has 0 spiro atoms. The number of nitrogens with one attached hydrogen (secondary N) is 2. The average Bonchev–Trinajstić information content (AvgIpc) is 2.84. The quantitative estimate of drug-likeness (QED) is 0.745. The SMILES string of the molecule is CNCc1cccc2c1ccn2CC(=O)NCCOC. The van der Waals surface area contributed by atoms with E-state index in [9.17, 15) is 4.79 Å². The molecule has 1 aromatic heterocycles. The molecule has 0 aliphatic rings. The molecule has 0 radical (unpaired) electrons. The van der Waals surface area contributed by atoms with E-state index in [0.717, 1.165) is 12.1 Å². The Labute approximate surface area is 118 Å². The van der Waals surface area contributed by atoms with Gasteiger partial charge in [-0.2, -0.15) is 0 Å². The summed E-state index contributed by atoms with van der Waals surface area (Å²) in [5, 5.41) is 7.17. The molecule has 0 fully saturated rings. The maximum atomic E-state index is 11.8. The van der Waals surface area contributed by atoms with E-state index in [2.05, 4.69) is 22.8 Å².